The summed E-state index contributed by atoms with van der Waals surface area (Å²) >= 11 is 0. The van der Waals surface area contributed by atoms with E-state index in [1.54, 1.807) is 12.1 Å². The van der Waals surface area contributed by atoms with E-state index in [-0.39, 0.29) is 5.63 Å². The standard InChI is InChI=1S/C22H20N2O3/c1-3-6-15-11-22(25)27-21-12-16(9-10-17(15)21)26-13-20-14(2)23-18-7-4-5-8-19(18)24-20/h4-5,7-12H,3,6,13H2,1-2H3. The fourth-order valence-corrected chi connectivity index (χ4v) is 3.19. The van der Waals surface area contributed by atoms with Gasteiger partial charge in [-0.15, -0.1) is 0 Å². The second kappa shape index (κ2) is 7.19. The molecule has 2 aromatic heterocycles. The third kappa shape index (κ3) is 3.53. The van der Waals surface area contributed by atoms with Crippen LogP contribution in [0.2, 0.25) is 0 Å². The number of aromatic nitrogens is 2. The van der Waals surface area contributed by atoms with Crippen LogP contribution in [0.15, 0.2) is 57.7 Å². The highest BCUT2D eigenvalue weighted by molar-refractivity contribution is 5.81. The van der Waals surface area contributed by atoms with Crippen molar-refractivity contribution in [3.8, 4) is 5.75 Å². The molecular weight excluding hydrogens is 340 g/mol. The lowest BCUT2D eigenvalue weighted by atomic mass is 10.1. The molecule has 0 amide bonds. The Balaban J connectivity index is 1.62. The van der Waals surface area contributed by atoms with Crippen molar-refractivity contribution in [3.63, 3.8) is 0 Å². The molecule has 2 aromatic carbocycles. The van der Waals surface area contributed by atoms with Gasteiger partial charge in [-0.2, -0.15) is 0 Å². The van der Waals surface area contributed by atoms with Crippen molar-refractivity contribution < 1.29 is 9.15 Å². The highest BCUT2D eigenvalue weighted by Crippen LogP contribution is 2.24. The predicted molar refractivity (Wildman–Crippen MR) is 105 cm³/mol. The minimum Gasteiger partial charge on any atom is -0.487 e. The number of hydrogen-bond donors (Lipinski definition) is 0. The summed E-state index contributed by atoms with van der Waals surface area (Å²) in [6, 6.07) is 14.9. The first kappa shape index (κ1) is 17.2. The lowest BCUT2D eigenvalue weighted by Crippen LogP contribution is -2.04. The summed E-state index contributed by atoms with van der Waals surface area (Å²) in [4.78, 5) is 21.0. The second-order valence-electron chi connectivity index (χ2n) is 6.53. The summed E-state index contributed by atoms with van der Waals surface area (Å²) in [5.41, 5.74) is 4.56. The number of para-hydroxylation sites is 2. The van der Waals surface area contributed by atoms with Crippen LogP contribution in [0, 0.1) is 6.92 Å². The fraction of sp³-hybridized carbons (Fsp3) is 0.227. The Morgan fingerprint density at radius 3 is 2.59 bits per heavy atom. The number of benzene rings is 2. The summed E-state index contributed by atoms with van der Waals surface area (Å²) in [5.74, 6) is 0.633. The summed E-state index contributed by atoms with van der Waals surface area (Å²) in [5, 5.41) is 0.950. The molecule has 0 atom stereocenters. The molecule has 4 aromatic rings. The van der Waals surface area contributed by atoms with Crippen molar-refractivity contribution in [2.45, 2.75) is 33.3 Å². The Kier molecular flexibility index (Phi) is 4.59. The molecule has 2 heterocycles. The lowest BCUT2D eigenvalue weighted by Gasteiger charge is -2.10. The van der Waals surface area contributed by atoms with Crippen molar-refractivity contribution in [3.05, 3.63) is 75.9 Å². The molecule has 0 bridgehead atoms. The van der Waals surface area contributed by atoms with Crippen LogP contribution in [0.3, 0.4) is 0 Å². The molecule has 0 unspecified atom stereocenters. The summed E-state index contributed by atoms with van der Waals surface area (Å²) < 4.78 is 11.3. The SMILES string of the molecule is CCCc1cc(=O)oc2cc(OCc3nc4ccccc4nc3C)ccc12. The maximum absolute atomic E-state index is 11.8. The average molecular weight is 360 g/mol. The van der Waals surface area contributed by atoms with E-state index in [2.05, 4.69) is 16.9 Å². The van der Waals surface area contributed by atoms with Crippen molar-refractivity contribution >= 4 is 22.0 Å². The minimum atomic E-state index is -0.334. The maximum atomic E-state index is 11.8. The topological polar surface area (TPSA) is 65.2 Å². The van der Waals surface area contributed by atoms with Gasteiger partial charge in [0.05, 0.1) is 22.4 Å². The summed E-state index contributed by atoms with van der Waals surface area (Å²) in [6.45, 7) is 4.31. The van der Waals surface area contributed by atoms with E-state index in [0.29, 0.717) is 17.9 Å². The van der Waals surface area contributed by atoms with E-state index >= 15 is 0 Å². The van der Waals surface area contributed by atoms with Crippen LogP contribution in [0.25, 0.3) is 22.0 Å². The van der Waals surface area contributed by atoms with Crippen molar-refractivity contribution in [1.29, 1.82) is 0 Å². The van der Waals surface area contributed by atoms with Gasteiger partial charge in [0.15, 0.2) is 0 Å². The van der Waals surface area contributed by atoms with E-state index in [1.807, 2.05) is 43.3 Å². The first-order valence-electron chi connectivity index (χ1n) is 9.06. The van der Waals surface area contributed by atoms with Gasteiger partial charge in [0.2, 0.25) is 0 Å². The molecule has 136 valence electrons. The molecular formula is C22H20N2O3. The van der Waals surface area contributed by atoms with Crippen LogP contribution in [-0.2, 0) is 13.0 Å². The smallest absolute Gasteiger partial charge is 0.336 e. The van der Waals surface area contributed by atoms with E-state index in [9.17, 15) is 4.79 Å². The Hall–Kier alpha value is -3.21. The number of rotatable bonds is 5. The van der Waals surface area contributed by atoms with Crippen molar-refractivity contribution in [1.82, 2.24) is 9.97 Å². The monoisotopic (exact) mass is 360 g/mol. The predicted octanol–water partition coefficient (Wildman–Crippen LogP) is 4.58. The largest absolute Gasteiger partial charge is 0.487 e. The average Bonchev–Trinajstić information content (AvgIpc) is 2.66. The molecule has 4 rings (SSSR count). The number of fused-ring (bicyclic) bond motifs is 2. The lowest BCUT2D eigenvalue weighted by molar-refractivity contribution is 0.300. The zero-order valence-electron chi connectivity index (χ0n) is 15.4. The zero-order valence-corrected chi connectivity index (χ0v) is 15.4. The molecule has 0 fully saturated rings. The number of ether oxygens (including phenoxy) is 1. The number of hydrogen-bond acceptors (Lipinski definition) is 5. The molecule has 5 nitrogen and oxygen atoms in total. The first-order valence-corrected chi connectivity index (χ1v) is 9.06. The Morgan fingerprint density at radius 1 is 1.04 bits per heavy atom. The second-order valence-corrected chi connectivity index (χ2v) is 6.53. The van der Waals surface area contributed by atoms with Crippen LogP contribution in [-0.4, -0.2) is 9.97 Å². The molecule has 0 aliphatic heterocycles. The number of aryl methyl sites for hydroxylation is 2. The molecule has 0 saturated carbocycles. The quantitative estimate of drug-likeness (QED) is 0.488. The fourth-order valence-electron chi connectivity index (χ4n) is 3.19. The van der Waals surface area contributed by atoms with Gasteiger partial charge in [-0.25, -0.2) is 14.8 Å². The molecule has 0 radical (unpaired) electrons. The van der Waals surface area contributed by atoms with Gasteiger partial charge in [-0.1, -0.05) is 25.5 Å². The van der Waals surface area contributed by atoms with Gasteiger partial charge in [-0.05, 0) is 43.2 Å². The van der Waals surface area contributed by atoms with Gasteiger partial charge >= 0.3 is 5.63 Å². The van der Waals surface area contributed by atoms with Gasteiger partial charge in [-0.3, -0.25) is 0 Å². The molecule has 5 heteroatoms. The molecule has 27 heavy (non-hydrogen) atoms. The summed E-state index contributed by atoms with van der Waals surface area (Å²) in [6.07, 6.45) is 1.81. The van der Waals surface area contributed by atoms with E-state index in [4.69, 9.17) is 9.15 Å². The van der Waals surface area contributed by atoms with Crippen LogP contribution >= 0.6 is 0 Å². The van der Waals surface area contributed by atoms with Crippen LogP contribution in [0.1, 0.15) is 30.3 Å². The van der Waals surface area contributed by atoms with Crippen molar-refractivity contribution in [2.75, 3.05) is 0 Å². The Labute approximate surface area is 156 Å². The highest BCUT2D eigenvalue weighted by atomic mass is 16.5. The van der Waals surface area contributed by atoms with E-state index in [1.165, 1.54) is 0 Å². The van der Waals surface area contributed by atoms with Gasteiger partial charge in [0.1, 0.15) is 17.9 Å². The third-order valence-corrected chi connectivity index (χ3v) is 4.54. The zero-order chi connectivity index (χ0) is 18.8. The Morgan fingerprint density at radius 2 is 1.81 bits per heavy atom. The van der Waals surface area contributed by atoms with Gasteiger partial charge in [0.25, 0.3) is 0 Å². The van der Waals surface area contributed by atoms with Crippen LogP contribution < -0.4 is 10.4 Å². The third-order valence-electron chi connectivity index (χ3n) is 4.54. The molecule has 0 saturated heterocycles. The van der Waals surface area contributed by atoms with Crippen LogP contribution in [0.4, 0.5) is 0 Å². The molecule has 0 spiro atoms. The van der Waals surface area contributed by atoms with Gasteiger partial charge in [0, 0.05) is 17.5 Å². The number of nitrogens with zero attached hydrogens (tertiary/aromatic N) is 2. The Bertz CT molecular complexity index is 1180. The molecule has 0 N–H and O–H groups in total. The van der Waals surface area contributed by atoms with Crippen LogP contribution in [0.5, 0.6) is 5.75 Å². The van der Waals surface area contributed by atoms with E-state index in [0.717, 1.165) is 46.2 Å². The maximum Gasteiger partial charge on any atom is 0.336 e. The molecule has 0 aliphatic carbocycles. The summed E-state index contributed by atoms with van der Waals surface area (Å²) in [7, 11) is 0. The van der Waals surface area contributed by atoms with Gasteiger partial charge < -0.3 is 9.15 Å². The first-order chi connectivity index (χ1) is 13.1. The molecule has 0 aliphatic rings. The van der Waals surface area contributed by atoms with Crippen molar-refractivity contribution in [2.24, 2.45) is 0 Å². The minimum absolute atomic E-state index is 0.300. The van der Waals surface area contributed by atoms with E-state index < -0.39 is 0 Å². The normalized spacial score (nSPS) is 11.2. The highest BCUT2D eigenvalue weighted by Gasteiger charge is 2.09.